The second kappa shape index (κ2) is 7.60. The van der Waals surface area contributed by atoms with E-state index in [1.54, 1.807) is 0 Å². The van der Waals surface area contributed by atoms with Crippen molar-refractivity contribution in [2.75, 3.05) is 46.9 Å². The number of amides is 1. The highest BCUT2D eigenvalue weighted by Crippen LogP contribution is 2.05. The molecule has 16 heavy (non-hydrogen) atoms. The first-order valence-corrected chi connectivity index (χ1v) is 5.91. The molecule has 2 N–H and O–H groups in total. The van der Waals surface area contributed by atoms with Crippen LogP contribution in [0, 0.1) is 0 Å². The molecule has 94 valence electrons. The molecule has 1 amide bonds. The number of nitrogens with zero attached hydrogens (tertiary/aromatic N) is 1. The summed E-state index contributed by atoms with van der Waals surface area (Å²) in [4.78, 5) is 13.6. The number of hydrogen-bond donors (Lipinski definition) is 2. The molecule has 0 bridgehead atoms. The maximum absolute atomic E-state index is 11.5. The van der Waals surface area contributed by atoms with Crippen molar-refractivity contribution in [3.8, 4) is 0 Å². The van der Waals surface area contributed by atoms with Crippen molar-refractivity contribution in [2.45, 2.75) is 18.9 Å². The maximum atomic E-state index is 11.5. The Kier molecular flexibility index (Phi) is 6.37. The zero-order chi connectivity index (χ0) is 11.8. The zero-order valence-electron chi connectivity index (χ0n) is 10.3. The fourth-order valence-electron chi connectivity index (χ4n) is 1.63. The Labute approximate surface area is 97.5 Å². The van der Waals surface area contributed by atoms with Gasteiger partial charge in [0.25, 0.3) is 0 Å². The minimum absolute atomic E-state index is 0.0886. The molecule has 0 spiro atoms. The number of rotatable bonds is 6. The molecule has 0 unspecified atom stereocenters. The van der Waals surface area contributed by atoms with Crippen LogP contribution in [0.4, 0.5) is 0 Å². The van der Waals surface area contributed by atoms with Gasteiger partial charge in [0.05, 0.1) is 6.54 Å². The Morgan fingerprint density at radius 1 is 1.38 bits per heavy atom. The van der Waals surface area contributed by atoms with Gasteiger partial charge in [0, 0.05) is 32.3 Å². The van der Waals surface area contributed by atoms with Gasteiger partial charge in [-0.05, 0) is 26.9 Å². The van der Waals surface area contributed by atoms with Gasteiger partial charge >= 0.3 is 0 Å². The summed E-state index contributed by atoms with van der Waals surface area (Å²) in [6, 6.07) is 0.303. The number of carbonyl (C=O) groups excluding carboxylic acids is 1. The predicted molar refractivity (Wildman–Crippen MR) is 63.4 cm³/mol. The Morgan fingerprint density at radius 3 is 2.69 bits per heavy atom. The van der Waals surface area contributed by atoms with Gasteiger partial charge in [0.1, 0.15) is 0 Å². The van der Waals surface area contributed by atoms with Crippen molar-refractivity contribution >= 4 is 5.91 Å². The Hall–Kier alpha value is -0.650. The standard InChI is InChI=1S/C11H23N3O2/c1-14(2)6-5-12-9-11(15)13-10-3-7-16-8-4-10/h10,12H,3-9H2,1-2H3,(H,13,15). The number of carbonyl (C=O) groups is 1. The van der Waals surface area contributed by atoms with Gasteiger partial charge in [-0.15, -0.1) is 0 Å². The van der Waals surface area contributed by atoms with E-state index in [1.807, 2.05) is 14.1 Å². The van der Waals surface area contributed by atoms with Crippen molar-refractivity contribution in [3.05, 3.63) is 0 Å². The van der Waals surface area contributed by atoms with Crippen LogP contribution in [-0.2, 0) is 9.53 Å². The molecule has 1 fully saturated rings. The first-order valence-electron chi connectivity index (χ1n) is 5.91. The summed E-state index contributed by atoms with van der Waals surface area (Å²) in [5.74, 6) is 0.0886. The summed E-state index contributed by atoms with van der Waals surface area (Å²) in [6.07, 6.45) is 1.87. The lowest BCUT2D eigenvalue weighted by Gasteiger charge is -2.23. The molecule has 1 aliphatic rings. The highest BCUT2D eigenvalue weighted by atomic mass is 16.5. The average Bonchev–Trinajstić information content (AvgIpc) is 2.25. The summed E-state index contributed by atoms with van der Waals surface area (Å²) in [6.45, 7) is 3.72. The van der Waals surface area contributed by atoms with E-state index in [4.69, 9.17) is 4.74 Å². The Bertz CT molecular complexity index is 203. The normalized spacial score (nSPS) is 17.7. The average molecular weight is 229 g/mol. The van der Waals surface area contributed by atoms with Crippen LogP contribution in [0.2, 0.25) is 0 Å². The third-order valence-electron chi connectivity index (χ3n) is 2.61. The molecule has 0 radical (unpaired) electrons. The van der Waals surface area contributed by atoms with Crippen LogP contribution in [0.25, 0.3) is 0 Å². The molecule has 0 aromatic heterocycles. The number of likely N-dealkylation sites (N-methyl/N-ethyl adjacent to an activating group) is 1. The van der Waals surface area contributed by atoms with Crippen LogP contribution < -0.4 is 10.6 Å². The first kappa shape index (κ1) is 13.4. The van der Waals surface area contributed by atoms with E-state index in [9.17, 15) is 4.79 Å². The summed E-state index contributed by atoms with van der Waals surface area (Å²) in [7, 11) is 4.04. The van der Waals surface area contributed by atoms with Crippen LogP contribution in [-0.4, -0.2) is 63.8 Å². The van der Waals surface area contributed by atoms with Gasteiger partial charge in [0.15, 0.2) is 0 Å². The number of nitrogens with one attached hydrogen (secondary N) is 2. The van der Waals surface area contributed by atoms with Crippen LogP contribution in [0.3, 0.4) is 0 Å². The smallest absolute Gasteiger partial charge is 0.234 e. The lowest BCUT2D eigenvalue weighted by molar-refractivity contribution is -0.121. The van der Waals surface area contributed by atoms with E-state index in [0.29, 0.717) is 12.6 Å². The third kappa shape index (κ3) is 6.05. The predicted octanol–water partition coefficient (Wildman–Crippen LogP) is -0.567. The quantitative estimate of drug-likeness (QED) is 0.599. The molecular weight excluding hydrogens is 206 g/mol. The van der Waals surface area contributed by atoms with Crippen LogP contribution in [0.1, 0.15) is 12.8 Å². The summed E-state index contributed by atoms with van der Waals surface area (Å²) >= 11 is 0. The number of hydrogen-bond acceptors (Lipinski definition) is 4. The second-order valence-electron chi connectivity index (χ2n) is 4.43. The van der Waals surface area contributed by atoms with E-state index in [-0.39, 0.29) is 5.91 Å². The molecule has 1 rings (SSSR count). The Morgan fingerprint density at radius 2 is 2.06 bits per heavy atom. The van der Waals surface area contributed by atoms with E-state index < -0.39 is 0 Å². The maximum Gasteiger partial charge on any atom is 0.234 e. The van der Waals surface area contributed by atoms with Gasteiger partial charge in [-0.25, -0.2) is 0 Å². The highest BCUT2D eigenvalue weighted by molar-refractivity contribution is 5.78. The van der Waals surface area contributed by atoms with Gasteiger partial charge < -0.3 is 20.3 Å². The van der Waals surface area contributed by atoms with Crippen LogP contribution >= 0.6 is 0 Å². The van der Waals surface area contributed by atoms with Gasteiger partial charge in [-0.3, -0.25) is 4.79 Å². The van der Waals surface area contributed by atoms with Crippen molar-refractivity contribution in [1.82, 2.24) is 15.5 Å². The van der Waals surface area contributed by atoms with E-state index in [1.165, 1.54) is 0 Å². The molecule has 0 aliphatic carbocycles. The topological polar surface area (TPSA) is 53.6 Å². The molecule has 0 atom stereocenters. The second-order valence-corrected chi connectivity index (χ2v) is 4.43. The highest BCUT2D eigenvalue weighted by Gasteiger charge is 2.15. The molecule has 0 aromatic rings. The molecule has 5 heteroatoms. The number of ether oxygens (including phenoxy) is 1. The first-order chi connectivity index (χ1) is 7.68. The van der Waals surface area contributed by atoms with Crippen molar-refractivity contribution in [3.63, 3.8) is 0 Å². The lowest BCUT2D eigenvalue weighted by atomic mass is 10.1. The summed E-state index contributed by atoms with van der Waals surface area (Å²) < 4.78 is 5.23. The van der Waals surface area contributed by atoms with Crippen LogP contribution in [0.5, 0.6) is 0 Å². The fraction of sp³-hybridized carbons (Fsp3) is 0.909. The summed E-state index contributed by atoms with van der Waals surface area (Å²) in [5.41, 5.74) is 0. The van der Waals surface area contributed by atoms with E-state index in [2.05, 4.69) is 15.5 Å². The SMILES string of the molecule is CN(C)CCNCC(=O)NC1CCOCC1. The van der Waals surface area contributed by atoms with Crippen molar-refractivity contribution in [2.24, 2.45) is 0 Å². The monoisotopic (exact) mass is 229 g/mol. The Balaban J connectivity index is 2.01. The third-order valence-corrected chi connectivity index (χ3v) is 2.61. The molecule has 5 nitrogen and oxygen atoms in total. The van der Waals surface area contributed by atoms with Gasteiger partial charge in [-0.2, -0.15) is 0 Å². The summed E-state index contributed by atoms with van der Waals surface area (Å²) in [5, 5.41) is 6.13. The zero-order valence-corrected chi connectivity index (χ0v) is 10.3. The van der Waals surface area contributed by atoms with Crippen molar-refractivity contribution in [1.29, 1.82) is 0 Å². The lowest BCUT2D eigenvalue weighted by Crippen LogP contribution is -2.43. The fourth-order valence-corrected chi connectivity index (χ4v) is 1.63. The minimum Gasteiger partial charge on any atom is -0.381 e. The molecular formula is C11H23N3O2. The van der Waals surface area contributed by atoms with E-state index >= 15 is 0 Å². The van der Waals surface area contributed by atoms with Gasteiger partial charge in [0.2, 0.25) is 5.91 Å². The molecule has 0 saturated carbocycles. The molecule has 0 aromatic carbocycles. The van der Waals surface area contributed by atoms with Crippen molar-refractivity contribution < 1.29 is 9.53 Å². The van der Waals surface area contributed by atoms with Gasteiger partial charge in [-0.1, -0.05) is 0 Å². The molecule has 1 saturated heterocycles. The van der Waals surface area contributed by atoms with E-state index in [0.717, 1.165) is 39.1 Å². The minimum atomic E-state index is 0.0886. The van der Waals surface area contributed by atoms with Crippen LogP contribution in [0.15, 0.2) is 0 Å². The largest absolute Gasteiger partial charge is 0.381 e. The molecule has 1 heterocycles. The molecule has 1 aliphatic heterocycles.